The van der Waals surface area contributed by atoms with Gasteiger partial charge in [-0.3, -0.25) is 14.4 Å². The molecule has 390 valence electrons. The van der Waals surface area contributed by atoms with Gasteiger partial charge in [-0.2, -0.15) is 0 Å². The van der Waals surface area contributed by atoms with E-state index in [1.54, 1.807) is 0 Å². The van der Waals surface area contributed by atoms with Gasteiger partial charge in [-0.15, -0.1) is 0 Å². The molecule has 0 aromatic rings. The Morgan fingerprint density at radius 1 is 0.288 bits per heavy atom. The molecule has 0 aromatic carbocycles. The number of unbranched alkanes of at least 4 members (excludes halogenated alkanes) is 42. The standard InChI is InChI=1S/C60H114O6/c1-4-7-10-13-16-19-22-24-26-28-30-32-34-36-38-41-44-47-50-53-59(62)65-56-57(55-64-58(61)52-49-46-43-40-21-18-15-12-9-6-3)66-60(63)54-51-48-45-42-39-37-35-33-31-29-27-25-23-20-17-14-11-8-5-2/h28,30,57H,4-27,29,31-56H2,1-3H3/b30-28-. The maximum Gasteiger partial charge on any atom is 0.306 e. The summed E-state index contributed by atoms with van der Waals surface area (Å²) < 4.78 is 16.9. The molecule has 0 heterocycles. The average molecular weight is 932 g/mol. The van der Waals surface area contributed by atoms with Crippen LogP contribution in [0.4, 0.5) is 0 Å². The number of hydrogen-bond donors (Lipinski definition) is 0. The molecule has 6 nitrogen and oxygen atoms in total. The van der Waals surface area contributed by atoms with Crippen LogP contribution in [0.3, 0.4) is 0 Å². The molecule has 0 N–H and O–H groups in total. The van der Waals surface area contributed by atoms with E-state index in [9.17, 15) is 14.4 Å². The van der Waals surface area contributed by atoms with Crippen molar-refractivity contribution >= 4 is 17.9 Å². The second-order valence-electron chi connectivity index (χ2n) is 20.3. The van der Waals surface area contributed by atoms with E-state index in [0.29, 0.717) is 19.3 Å². The lowest BCUT2D eigenvalue weighted by molar-refractivity contribution is -0.167. The van der Waals surface area contributed by atoms with Crippen molar-refractivity contribution < 1.29 is 28.6 Å². The normalized spacial score (nSPS) is 12.0. The Morgan fingerprint density at radius 2 is 0.500 bits per heavy atom. The molecular weight excluding hydrogens is 817 g/mol. The molecule has 0 aromatic heterocycles. The third-order valence-corrected chi connectivity index (χ3v) is 13.5. The van der Waals surface area contributed by atoms with Crippen LogP contribution in [-0.2, 0) is 28.6 Å². The fourth-order valence-electron chi connectivity index (χ4n) is 9.03. The highest BCUT2D eigenvalue weighted by molar-refractivity contribution is 5.71. The Bertz CT molecular complexity index is 1020. The lowest BCUT2D eigenvalue weighted by atomic mass is 10.0. The molecule has 1 atom stereocenters. The predicted octanol–water partition coefficient (Wildman–Crippen LogP) is 19.7. The van der Waals surface area contributed by atoms with E-state index in [2.05, 4.69) is 32.9 Å². The zero-order chi connectivity index (χ0) is 47.9. The summed E-state index contributed by atoms with van der Waals surface area (Å²) in [6.07, 6.45) is 63.5. The fourth-order valence-corrected chi connectivity index (χ4v) is 9.03. The molecule has 0 saturated heterocycles. The van der Waals surface area contributed by atoms with Crippen LogP contribution in [0, 0.1) is 0 Å². The maximum absolute atomic E-state index is 12.8. The first-order chi connectivity index (χ1) is 32.5. The summed E-state index contributed by atoms with van der Waals surface area (Å²) in [4.78, 5) is 38.1. The minimum atomic E-state index is -0.765. The van der Waals surface area contributed by atoms with E-state index in [4.69, 9.17) is 14.2 Å². The molecule has 0 aliphatic heterocycles. The van der Waals surface area contributed by atoms with Gasteiger partial charge in [0.25, 0.3) is 0 Å². The molecule has 0 amide bonds. The first-order valence-electron chi connectivity index (χ1n) is 29.7. The molecule has 66 heavy (non-hydrogen) atoms. The van der Waals surface area contributed by atoms with Gasteiger partial charge in [-0.1, -0.05) is 283 Å². The van der Waals surface area contributed by atoms with Crippen LogP contribution < -0.4 is 0 Å². The molecule has 0 radical (unpaired) electrons. The smallest absolute Gasteiger partial charge is 0.306 e. The van der Waals surface area contributed by atoms with Crippen LogP contribution in [0.5, 0.6) is 0 Å². The molecule has 0 aliphatic carbocycles. The summed E-state index contributed by atoms with van der Waals surface area (Å²) in [5.74, 6) is -0.847. The van der Waals surface area contributed by atoms with Gasteiger partial charge in [-0.05, 0) is 44.9 Å². The Balaban J connectivity index is 4.24. The SMILES string of the molecule is CCCCCCCCCC/C=C\CCCCCCCCCC(=O)OCC(COC(=O)CCCCCCCCCCCC)OC(=O)CCCCCCCCCCCCCCCCCCCCC. The first kappa shape index (κ1) is 64.2. The summed E-state index contributed by atoms with van der Waals surface area (Å²) in [5.41, 5.74) is 0. The molecule has 1 unspecified atom stereocenters. The van der Waals surface area contributed by atoms with E-state index in [0.717, 1.165) is 57.8 Å². The average Bonchev–Trinajstić information content (AvgIpc) is 3.31. The quantitative estimate of drug-likeness (QED) is 0.0262. The largest absolute Gasteiger partial charge is 0.462 e. The van der Waals surface area contributed by atoms with Crippen molar-refractivity contribution in [3.05, 3.63) is 12.2 Å². The van der Waals surface area contributed by atoms with Gasteiger partial charge in [0.1, 0.15) is 13.2 Å². The van der Waals surface area contributed by atoms with Gasteiger partial charge in [0.15, 0.2) is 6.10 Å². The first-order valence-corrected chi connectivity index (χ1v) is 29.7. The van der Waals surface area contributed by atoms with Gasteiger partial charge < -0.3 is 14.2 Å². The Labute approximate surface area is 411 Å². The van der Waals surface area contributed by atoms with Crippen molar-refractivity contribution in [2.45, 2.75) is 341 Å². The van der Waals surface area contributed by atoms with Gasteiger partial charge >= 0.3 is 17.9 Å². The molecule has 6 heteroatoms. The molecule has 0 saturated carbocycles. The van der Waals surface area contributed by atoms with Gasteiger partial charge in [0, 0.05) is 19.3 Å². The van der Waals surface area contributed by atoms with E-state index >= 15 is 0 Å². The molecule has 0 rings (SSSR count). The lowest BCUT2D eigenvalue weighted by Gasteiger charge is -2.18. The van der Waals surface area contributed by atoms with Crippen LogP contribution in [0.25, 0.3) is 0 Å². The monoisotopic (exact) mass is 931 g/mol. The number of esters is 3. The third-order valence-electron chi connectivity index (χ3n) is 13.5. The topological polar surface area (TPSA) is 78.9 Å². The number of allylic oxidation sites excluding steroid dienone is 2. The van der Waals surface area contributed by atoms with Crippen LogP contribution in [0.1, 0.15) is 335 Å². The molecular formula is C60H114O6. The highest BCUT2D eigenvalue weighted by atomic mass is 16.6. The second kappa shape index (κ2) is 55.7. The second-order valence-corrected chi connectivity index (χ2v) is 20.3. The number of carbonyl (C=O) groups excluding carboxylic acids is 3. The van der Waals surface area contributed by atoms with Crippen molar-refractivity contribution in [1.82, 2.24) is 0 Å². The molecule has 0 fully saturated rings. The van der Waals surface area contributed by atoms with E-state index in [1.165, 1.54) is 238 Å². The van der Waals surface area contributed by atoms with Crippen molar-refractivity contribution in [3.8, 4) is 0 Å². The van der Waals surface area contributed by atoms with Crippen molar-refractivity contribution in [2.75, 3.05) is 13.2 Å². The van der Waals surface area contributed by atoms with Crippen molar-refractivity contribution in [3.63, 3.8) is 0 Å². The van der Waals surface area contributed by atoms with Crippen LogP contribution in [0.2, 0.25) is 0 Å². The number of ether oxygens (including phenoxy) is 3. The van der Waals surface area contributed by atoms with Gasteiger partial charge in [0.2, 0.25) is 0 Å². The zero-order valence-corrected chi connectivity index (χ0v) is 44.7. The van der Waals surface area contributed by atoms with Crippen LogP contribution in [-0.4, -0.2) is 37.2 Å². The van der Waals surface area contributed by atoms with E-state index < -0.39 is 6.10 Å². The Kier molecular flexibility index (Phi) is 54.2. The summed E-state index contributed by atoms with van der Waals surface area (Å²) in [7, 11) is 0. The highest BCUT2D eigenvalue weighted by Gasteiger charge is 2.19. The molecule has 0 spiro atoms. The number of rotatable bonds is 55. The lowest BCUT2D eigenvalue weighted by Crippen LogP contribution is -2.30. The minimum absolute atomic E-state index is 0.0656. The Hall–Kier alpha value is -1.85. The van der Waals surface area contributed by atoms with Crippen LogP contribution >= 0.6 is 0 Å². The maximum atomic E-state index is 12.8. The summed E-state index contributed by atoms with van der Waals surface area (Å²) in [6, 6.07) is 0. The summed E-state index contributed by atoms with van der Waals surface area (Å²) in [5, 5.41) is 0. The zero-order valence-electron chi connectivity index (χ0n) is 44.7. The predicted molar refractivity (Wildman–Crippen MR) is 284 cm³/mol. The van der Waals surface area contributed by atoms with Gasteiger partial charge in [-0.25, -0.2) is 0 Å². The van der Waals surface area contributed by atoms with E-state index in [-0.39, 0.29) is 31.1 Å². The number of hydrogen-bond acceptors (Lipinski definition) is 6. The fraction of sp³-hybridized carbons (Fsp3) is 0.917. The van der Waals surface area contributed by atoms with Gasteiger partial charge in [0.05, 0.1) is 0 Å². The van der Waals surface area contributed by atoms with Crippen molar-refractivity contribution in [2.24, 2.45) is 0 Å². The molecule has 0 aliphatic rings. The summed E-state index contributed by atoms with van der Waals surface area (Å²) >= 11 is 0. The summed E-state index contributed by atoms with van der Waals surface area (Å²) in [6.45, 7) is 6.68. The molecule has 0 bridgehead atoms. The highest BCUT2D eigenvalue weighted by Crippen LogP contribution is 2.17. The Morgan fingerprint density at radius 3 is 0.758 bits per heavy atom. The van der Waals surface area contributed by atoms with E-state index in [1.807, 2.05) is 0 Å². The van der Waals surface area contributed by atoms with Crippen molar-refractivity contribution in [1.29, 1.82) is 0 Å². The third kappa shape index (κ3) is 53.1. The van der Waals surface area contributed by atoms with Crippen LogP contribution in [0.15, 0.2) is 12.2 Å². The number of carbonyl (C=O) groups is 3. The minimum Gasteiger partial charge on any atom is -0.462 e.